The van der Waals surface area contributed by atoms with Crippen LogP contribution in [0.4, 0.5) is 0 Å². The number of nitrogens with zero attached hydrogens (tertiary/aromatic N) is 2. The Hall–Kier alpha value is -1.07. The lowest BCUT2D eigenvalue weighted by Crippen LogP contribution is -2.39. The van der Waals surface area contributed by atoms with E-state index in [1.165, 1.54) is 6.07 Å². The molecule has 0 radical (unpaired) electrons. The van der Waals surface area contributed by atoms with E-state index in [0.717, 1.165) is 25.3 Å². The summed E-state index contributed by atoms with van der Waals surface area (Å²) in [5.74, 6) is -0.965. The van der Waals surface area contributed by atoms with Gasteiger partial charge in [-0.1, -0.05) is 19.9 Å². The smallest absolute Gasteiger partial charge is 0.354 e. The molecule has 0 saturated carbocycles. The van der Waals surface area contributed by atoms with Crippen LogP contribution in [0, 0.1) is 0 Å². The lowest BCUT2D eigenvalue weighted by molar-refractivity contribution is 0.0690. The zero-order valence-electron chi connectivity index (χ0n) is 10.7. The van der Waals surface area contributed by atoms with E-state index < -0.39 is 5.97 Å². The van der Waals surface area contributed by atoms with Crippen molar-refractivity contribution < 1.29 is 9.90 Å². The summed E-state index contributed by atoms with van der Waals surface area (Å²) in [5, 5.41) is 10.2. The van der Waals surface area contributed by atoms with Crippen LogP contribution in [0.15, 0.2) is 18.2 Å². The molecular formula is C13H18N2O2S. The topological polar surface area (TPSA) is 53.4 Å². The van der Waals surface area contributed by atoms with Gasteiger partial charge in [0.25, 0.3) is 0 Å². The maximum Gasteiger partial charge on any atom is 0.354 e. The largest absolute Gasteiger partial charge is 0.477 e. The van der Waals surface area contributed by atoms with E-state index in [1.807, 2.05) is 17.8 Å². The Kier molecular flexibility index (Phi) is 4.24. The van der Waals surface area contributed by atoms with Gasteiger partial charge < -0.3 is 5.11 Å². The van der Waals surface area contributed by atoms with Gasteiger partial charge in [0.2, 0.25) is 0 Å². The molecule has 0 bridgehead atoms. The van der Waals surface area contributed by atoms with E-state index in [9.17, 15) is 4.79 Å². The highest BCUT2D eigenvalue weighted by Crippen LogP contribution is 2.25. The van der Waals surface area contributed by atoms with Gasteiger partial charge in [0.05, 0.1) is 5.69 Å². The quantitative estimate of drug-likeness (QED) is 0.908. The summed E-state index contributed by atoms with van der Waals surface area (Å²) in [6, 6.07) is 5.18. The van der Waals surface area contributed by atoms with Crippen molar-refractivity contribution >= 4 is 17.7 Å². The average Bonchev–Trinajstić information content (AvgIpc) is 2.27. The SMILES string of the molecule is CC1CN(Cc2cccc(C(=O)O)n2)CC(C)S1. The molecule has 1 N–H and O–H groups in total. The molecule has 2 unspecified atom stereocenters. The number of carbonyl (C=O) groups is 1. The number of thioether (sulfide) groups is 1. The van der Waals surface area contributed by atoms with Gasteiger partial charge >= 0.3 is 5.97 Å². The number of aromatic nitrogens is 1. The third-order valence-electron chi connectivity index (χ3n) is 2.91. The molecule has 4 nitrogen and oxygen atoms in total. The number of aromatic carboxylic acids is 1. The maximum atomic E-state index is 10.9. The molecule has 0 aliphatic carbocycles. The lowest BCUT2D eigenvalue weighted by atomic mass is 10.2. The van der Waals surface area contributed by atoms with Gasteiger partial charge in [-0.05, 0) is 12.1 Å². The molecular weight excluding hydrogens is 248 g/mol. The number of hydrogen-bond acceptors (Lipinski definition) is 4. The molecule has 1 fully saturated rings. The van der Waals surface area contributed by atoms with Gasteiger partial charge in [-0.25, -0.2) is 9.78 Å². The Morgan fingerprint density at radius 3 is 2.72 bits per heavy atom. The number of carboxylic acids is 1. The third-order valence-corrected chi connectivity index (χ3v) is 4.13. The second-order valence-electron chi connectivity index (χ2n) is 4.77. The zero-order chi connectivity index (χ0) is 13.1. The average molecular weight is 266 g/mol. The predicted octanol–water partition coefficient (Wildman–Crippen LogP) is 2.11. The van der Waals surface area contributed by atoms with Crippen LogP contribution >= 0.6 is 11.8 Å². The van der Waals surface area contributed by atoms with E-state index in [1.54, 1.807) is 6.07 Å². The summed E-state index contributed by atoms with van der Waals surface area (Å²) in [4.78, 5) is 17.4. The standard InChI is InChI=1S/C13H18N2O2S/c1-9-6-15(7-10(2)18-9)8-11-4-3-5-12(14-11)13(16)17/h3-5,9-10H,6-8H2,1-2H3,(H,16,17). The summed E-state index contributed by atoms with van der Waals surface area (Å²) < 4.78 is 0. The van der Waals surface area contributed by atoms with Crippen molar-refractivity contribution in [1.29, 1.82) is 0 Å². The van der Waals surface area contributed by atoms with E-state index >= 15 is 0 Å². The highest BCUT2D eigenvalue weighted by molar-refractivity contribution is 8.00. The molecule has 18 heavy (non-hydrogen) atoms. The fourth-order valence-corrected chi connectivity index (χ4v) is 3.72. The van der Waals surface area contributed by atoms with Gasteiger partial charge in [-0.2, -0.15) is 11.8 Å². The molecule has 1 aromatic heterocycles. The minimum Gasteiger partial charge on any atom is -0.477 e. The first kappa shape index (κ1) is 13.4. The van der Waals surface area contributed by atoms with Crippen molar-refractivity contribution in [2.75, 3.05) is 13.1 Å². The Morgan fingerprint density at radius 2 is 2.11 bits per heavy atom. The van der Waals surface area contributed by atoms with Gasteiger partial charge in [0.1, 0.15) is 5.69 Å². The van der Waals surface area contributed by atoms with Crippen molar-refractivity contribution in [3.8, 4) is 0 Å². The lowest BCUT2D eigenvalue weighted by Gasteiger charge is -2.34. The van der Waals surface area contributed by atoms with Crippen LogP contribution in [-0.2, 0) is 6.54 Å². The summed E-state index contributed by atoms with van der Waals surface area (Å²) in [6.07, 6.45) is 0. The fourth-order valence-electron chi connectivity index (χ4n) is 2.33. The van der Waals surface area contributed by atoms with Crippen LogP contribution < -0.4 is 0 Å². The van der Waals surface area contributed by atoms with Crippen LogP contribution in [0.1, 0.15) is 30.0 Å². The normalized spacial score (nSPS) is 25.0. The zero-order valence-corrected chi connectivity index (χ0v) is 11.5. The van der Waals surface area contributed by atoms with Gasteiger partial charge in [0.15, 0.2) is 0 Å². The number of pyridine rings is 1. The molecule has 98 valence electrons. The molecule has 1 aliphatic rings. The third kappa shape index (κ3) is 3.46. The monoisotopic (exact) mass is 266 g/mol. The second kappa shape index (κ2) is 5.71. The van der Waals surface area contributed by atoms with Crippen molar-refractivity contribution in [3.63, 3.8) is 0 Å². The van der Waals surface area contributed by atoms with Crippen LogP contribution in [-0.4, -0.2) is 44.5 Å². The van der Waals surface area contributed by atoms with E-state index in [2.05, 4.69) is 23.7 Å². The maximum absolute atomic E-state index is 10.9. The summed E-state index contributed by atoms with van der Waals surface area (Å²) in [6.45, 7) is 7.27. The van der Waals surface area contributed by atoms with Crippen LogP contribution in [0.2, 0.25) is 0 Å². The van der Waals surface area contributed by atoms with E-state index in [-0.39, 0.29) is 5.69 Å². The molecule has 1 aromatic rings. The first-order valence-electron chi connectivity index (χ1n) is 6.11. The van der Waals surface area contributed by atoms with Crippen LogP contribution in [0.25, 0.3) is 0 Å². The van der Waals surface area contributed by atoms with Crippen molar-refractivity contribution in [2.45, 2.75) is 30.9 Å². The molecule has 5 heteroatoms. The molecule has 1 aliphatic heterocycles. The first-order valence-corrected chi connectivity index (χ1v) is 7.06. The highest BCUT2D eigenvalue weighted by Gasteiger charge is 2.22. The van der Waals surface area contributed by atoms with Crippen molar-refractivity contribution in [2.24, 2.45) is 0 Å². The van der Waals surface area contributed by atoms with Crippen molar-refractivity contribution in [3.05, 3.63) is 29.6 Å². The second-order valence-corrected chi connectivity index (χ2v) is 6.65. The molecule has 0 aromatic carbocycles. The number of carboxylic acid groups (broad SMARTS) is 1. The minimum atomic E-state index is -0.965. The number of hydrogen-bond donors (Lipinski definition) is 1. The predicted molar refractivity (Wildman–Crippen MR) is 73.0 cm³/mol. The minimum absolute atomic E-state index is 0.125. The molecule has 2 rings (SSSR count). The molecule has 0 amide bonds. The Bertz CT molecular complexity index is 429. The first-order chi connectivity index (χ1) is 8.54. The molecule has 2 atom stereocenters. The molecule has 1 saturated heterocycles. The van der Waals surface area contributed by atoms with Crippen LogP contribution in [0.5, 0.6) is 0 Å². The summed E-state index contributed by atoms with van der Waals surface area (Å²) in [7, 11) is 0. The molecule has 2 heterocycles. The van der Waals surface area contributed by atoms with Gasteiger partial charge in [0, 0.05) is 30.1 Å². The fraction of sp³-hybridized carbons (Fsp3) is 0.538. The Morgan fingerprint density at radius 1 is 1.44 bits per heavy atom. The van der Waals surface area contributed by atoms with Crippen molar-refractivity contribution in [1.82, 2.24) is 9.88 Å². The van der Waals surface area contributed by atoms with E-state index in [4.69, 9.17) is 5.11 Å². The summed E-state index contributed by atoms with van der Waals surface area (Å²) >= 11 is 2.01. The Labute approximate surface area is 111 Å². The highest BCUT2D eigenvalue weighted by atomic mass is 32.2. The van der Waals surface area contributed by atoms with E-state index in [0.29, 0.717) is 10.5 Å². The van der Waals surface area contributed by atoms with Gasteiger partial charge in [-0.3, -0.25) is 4.90 Å². The summed E-state index contributed by atoms with van der Waals surface area (Å²) in [5.41, 5.74) is 0.959. The molecule has 0 spiro atoms. The van der Waals surface area contributed by atoms with Gasteiger partial charge in [-0.15, -0.1) is 0 Å². The Balaban J connectivity index is 2.04. The van der Waals surface area contributed by atoms with Crippen LogP contribution in [0.3, 0.4) is 0 Å². The number of rotatable bonds is 3.